The number of aliphatic carboxylic acids is 1. The molecule has 0 radical (unpaired) electrons. The molecule has 11 heteroatoms. The van der Waals surface area contributed by atoms with Crippen molar-refractivity contribution in [2.75, 3.05) is 13.2 Å². The summed E-state index contributed by atoms with van der Waals surface area (Å²) in [6.45, 7) is 5.96. The van der Waals surface area contributed by atoms with Crippen LogP contribution in [0.15, 0.2) is 24.3 Å². The molecule has 31 heavy (non-hydrogen) atoms. The standard InChI is InChI=1S/C20H29N3O8/c1-20(2,3)12-31-19(28)22-15(18(26)27)6-4-5-11-21-17(25)16(24)13-7-9-14(10-8-13)23(29)30/h7-10,15-16,24H,4-6,11-12H2,1-3H3,(H,21,25)(H,22,28)(H,26,27)/t15-,16?/m0/s1. The molecule has 0 aliphatic rings. The van der Waals surface area contributed by atoms with Crippen molar-refractivity contribution in [2.45, 2.75) is 52.2 Å². The van der Waals surface area contributed by atoms with Gasteiger partial charge in [-0.1, -0.05) is 20.8 Å². The third kappa shape index (κ3) is 9.90. The lowest BCUT2D eigenvalue weighted by molar-refractivity contribution is -0.384. The minimum atomic E-state index is -1.48. The quantitative estimate of drug-likeness (QED) is 0.231. The Labute approximate surface area is 179 Å². The molecule has 4 N–H and O–H groups in total. The van der Waals surface area contributed by atoms with Crippen LogP contribution in [0.3, 0.4) is 0 Å². The summed E-state index contributed by atoms with van der Waals surface area (Å²) < 4.78 is 5.00. The van der Waals surface area contributed by atoms with Crippen molar-refractivity contribution in [3.8, 4) is 0 Å². The molecule has 0 aliphatic carbocycles. The summed E-state index contributed by atoms with van der Waals surface area (Å²) in [6, 6.07) is 3.86. The van der Waals surface area contributed by atoms with Gasteiger partial charge in [0.05, 0.1) is 11.5 Å². The summed E-state index contributed by atoms with van der Waals surface area (Å²) in [4.78, 5) is 45.1. The zero-order chi connectivity index (χ0) is 23.6. The summed E-state index contributed by atoms with van der Waals surface area (Å²) in [7, 11) is 0. The number of carboxylic acids is 1. The number of unbranched alkanes of at least 4 members (excludes halogenated alkanes) is 1. The van der Waals surface area contributed by atoms with Crippen molar-refractivity contribution < 1.29 is 34.3 Å². The monoisotopic (exact) mass is 439 g/mol. The Morgan fingerprint density at radius 2 is 1.77 bits per heavy atom. The molecule has 2 atom stereocenters. The van der Waals surface area contributed by atoms with Gasteiger partial charge < -0.3 is 25.6 Å². The highest BCUT2D eigenvalue weighted by Crippen LogP contribution is 2.18. The number of amides is 2. The predicted molar refractivity (Wildman–Crippen MR) is 110 cm³/mol. The van der Waals surface area contributed by atoms with Crippen molar-refractivity contribution in [1.82, 2.24) is 10.6 Å². The minimum Gasteiger partial charge on any atom is -0.480 e. The van der Waals surface area contributed by atoms with Gasteiger partial charge in [0.15, 0.2) is 6.10 Å². The van der Waals surface area contributed by atoms with Crippen LogP contribution in [0.5, 0.6) is 0 Å². The summed E-state index contributed by atoms with van der Waals surface area (Å²) >= 11 is 0. The third-order valence-electron chi connectivity index (χ3n) is 4.11. The first kappa shape index (κ1) is 25.8. The number of carboxylic acid groups (broad SMARTS) is 1. The van der Waals surface area contributed by atoms with Crippen molar-refractivity contribution in [1.29, 1.82) is 0 Å². The Hall–Kier alpha value is -3.21. The molecule has 0 saturated heterocycles. The second-order valence-electron chi connectivity index (χ2n) is 8.21. The van der Waals surface area contributed by atoms with E-state index in [2.05, 4.69) is 10.6 Å². The zero-order valence-electron chi connectivity index (χ0n) is 17.8. The fraction of sp³-hybridized carbons (Fsp3) is 0.550. The van der Waals surface area contributed by atoms with E-state index in [-0.39, 0.29) is 36.2 Å². The number of nitrogens with one attached hydrogen (secondary N) is 2. The highest BCUT2D eigenvalue weighted by molar-refractivity contribution is 5.82. The van der Waals surface area contributed by atoms with Crippen LogP contribution in [0.25, 0.3) is 0 Å². The van der Waals surface area contributed by atoms with E-state index < -0.39 is 35.0 Å². The molecule has 0 bridgehead atoms. The number of ether oxygens (including phenoxy) is 1. The van der Waals surface area contributed by atoms with E-state index in [0.717, 1.165) is 0 Å². The van der Waals surface area contributed by atoms with Crippen molar-refractivity contribution >= 4 is 23.7 Å². The fourth-order valence-corrected chi connectivity index (χ4v) is 2.43. The molecular formula is C20H29N3O8. The summed E-state index contributed by atoms with van der Waals surface area (Å²) in [6.07, 6.45) is -1.33. The number of non-ortho nitro benzene ring substituents is 1. The zero-order valence-corrected chi connectivity index (χ0v) is 17.8. The number of rotatable bonds is 11. The van der Waals surface area contributed by atoms with Gasteiger partial charge in [-0.3, -0.25) is 14.9 Å². The van der Waals surface area contributed by atoms with Gasteiger partial charge in [-0.2, -0.15) is 0 Å². The van der Waals surface area contributed by atoms with Crippen LogP contribution in [0.1, 0.15) is 51.7 Å². The van der Waals surface area contributed by atoms with Gasteiger partial charge in [-0.05, 0) is 42.4 Å². The lowest BCUT2D eigenvalue weighted by atomic mass is 9.99. The second kappa shape index (κ2) is 11.8. The van der Waals surface area contributed by atoms with Crippen LogP contribution in [0.4, 0.5) is 10.5 Å². The van der Waals surface area contributed by atoms with Gasteiger partial charge in [-0.25, -0.2) is 9.59 Å². The maximum Gasteiger partial charge on any atom is 0.407 e. The third-order valence-corrected chi connectivity index (χ3v) is 4.11. The summed E-state index contributed by atoms with van der Waals surface area (Å²) in [5, 5.41) is 34.7. The van der Waals surface area contributed by atoms with Gasteiger partial charge in [0.1, 0.15) is 6.04 Å². The molecule has 1 aromatic rings. The molecule has 0 heterocycles. The Kier molecular flexibility index (Phi) is 9.87. The number of carbonyl (C=O) groups excluding carboxylic acids is 2. The van der Waals surface area contributed by atoms with E-state index in [1.807, 2.05) is 20.8 Å². The predicted octanol–water partition coefficient (Wildman–Crippen LogP) is 2.14. The molecule has 11 nitrogen and oxygen atoms in total. The molecule has 1 aromatic carbocycles. The maximum atomic E-state index is 12.0. The first-order valence-electron chi connectivity index (χ1n) is 9.77. The largest absolute Gasteiger partial charge is 0.480 e. The SMILES string of the molecule is CC(C)(C)COC(=O)N[C@@H](CCCCNC(=O)C(O)c1ccc([N+](=O)[O-])cc1)C(=O)O. The van der Waals surface area contributed by atoms with Crippen LogP contribution in [0, 0.1) is 15.5 Å². The highest BCUT2D eigenvalue weighted by Gasteiger charge is 2.22. The van der Waals surface area contributed by atoms with Gasteiger partial charge in [0.2, 0.25) is 0 Å². The molecule has 0 fully saturated rings. The van der Waals surface area contributed by atoms with Crippen LogP contribution in [-0.2, 0) is 14.3 Å². The molecule has 1 rings (SSSR count). The Bertz CT molecular complexity index is 774. The number of aliphatic hydroxyl groups is 1. The molecule has 2 amide bonds. The second-order valence-corrected chi connectivity index (χ2v) is 8.21. The normalized spacial score (nSPS) is 13.0. The van der Waals surface area contributed by atoms with E-state index in [9.17, 15) is 34.7 Å². The van der Waals surface area contributed by atoms with Gasteiger partial charge >= 0.3 is 12.1 Å². The van der Waals surface area contributed by atoms with Gasteiger partial charge in [0, 0.05) is 18.7 Å². The molecule has 172 valence electrons. The van der Waals surface area contributed by atoms with E-state index in [1.165, 1.54) is 24.3 Å². The molecule has 0 spiro atoms. The van der Waals surface area contributed by atoms with Gasteiger partial charge in [0.25, 0.3) is 11.6 Å². The average molecular weight is 439 g/mol. The van der Waals surface area contributed by atoms with E-state index >= 15 is 0 Å². The number of aliphatic hydroxyl groups excluding tert-OH is 1. The first-order chi connectivity index (χ1) is 14.4. The first-order valence-corrected chi connectivity index (χ1v) is 9.77. The Morgan fingerprint density at radius 1 is 1.16 bits per heavy atom. The number of hydrogen-bond donors (Lipinski definition) is 4. The van der Waals surface area contributed by atoms with Crippen LogP contribution in [0.2, 0.25) is 0 Å². The van der Waals surface area contributed by atoms with Crippen molar-refractivity contribution in [3.63, 3.8) is 0 Å². The van der Waals surface area contributed by atoms with E-state index in [0.29, 0.717) is 12.8 Å². The Balaban J connectivity index is 2.37. The van der Waals surface area contributed by atoms with Gasteiger partial charge in [-0.15, -0.1) is 0 Å². The number of benzene rings is 1. The molecule has 1 unspecified atom stereocenters. The molecule has 0 aliphatic heterocycles. The number of nitrogens with zero attached hydrogens (tertiary/aromatic N) is 1. The van der Waals surface area contributed by atoms with Crippen LogP contribution in [-0.4, -0.2) is 52.3 Å². The Morgan fingerprint density at radius 3 is 2.29 bits per heavy atom. The number of alkyl carbamates (subject to hydrolysis) is 1. The van der Waals surface area contributed by atoms with E-state index in [4.69, 9.17) is 4.74 Å². The lowest BCUT2D eigenvalue weighted by Crippen LogP contribution is -2.42. The van der Waals surface area contributed by atoms with Crippen LogP contribution >= 0.6 is 0 Å². The van der Waals surface area contributed by atoms with Crippen LogP contribution < -0.4 is 10.6 Å². The highest BCUT2D eigenvalue weighted by atomic mass is 16.6. The van der Waals surface area contributed by atoms with Crippen molar-refractivity contribution in [2.24, 2.45) is 5.41 Å². The summed E-state index contributed by atoms with van der Waals surface area (Å²) in [5.41, 5.74) is -0.180. The molecule has 0 saturated carbocycles. The van der Waals surface area contributed by atoms with Crippen molar-refractivity contribution in [3.05, 3.63) is 39.9 Å². The van der Waals surface area contributed by atoms with E-state index in [1.54, 1.807) is 0 Å². The number of nitro groups is 1. The lowest BCUT2D eigenvalue weighted by Gasteiger charge is -2.20. The maximum absolute atomic E-state index is 12.0. The number of hydrogen-bond acceptors (Lipinski definition) is 7. The molecular weight excluding hydrogens is 410 g/mol. The minimum absolute atomic E-state index is 0.140. The smallest absolute Gasteiger partial charge is 0.407 e. The topological polar surface area (TPSA) is 168 Å². The summed E-state index contributed by atoms with van der Waals surface area (Å²) in [5.74, 6) is -1.86. The average Bonchev–Trinajstić information content (AvgIpc) is 2.69. The fourth-order valence-electron chi connectivity index (χ4n) is 2.43. The molecule has 0 aromatic heterocycles. The number of nitro benzene ring substituents is 1. The number of carbonyl (C=O) groups is 3.